The van der Waals surface area contributed by atoms with Crippen LogP contribution < -0.4 is 0 Å². The lowest BCUT2D eigenvalue weighted by molar-refractivity contribution is -0.162. The third-order valence-corrected chi connectivity index (χ3v) is 2.49. The molecule has 16 heavy (non-hydrogen) atoms. The van der Waals surface area contributed by atoms with Gasteiger partial charge in [-0.1, -0.05) is 6.08 Å². The van der Waals surface area contributed by atoms with Crippen LogP contribution in [0.1, 0.15) is 6.92 Å². The summed E-state index contributed by atoms with van der Waals surface area (Å²) in [6.07, 6.45) is 2.43. The fourth-order valence-corrected chi connectivity index (χ4v) is 1.86. The van der Waals surface area contributed by atoms with Crippen molar-refractivity contribution in [3.8, 4) is 0 Å². The molecule has 5 nitrogen and oxygen atoms in total. The molecule has 0 aliphatic carbocycles. The van der Waals surface area contributed by atoms with Gasteiger partial charge in [0.05, 0.1) is 0 Å². The zero-order chi connectivity index (χ0) is 11.7. The molecule has 1 saturated heterocycles. The summed E-state index contributed by atoms with van der Waals surface area (Å²) in [4.78, 5) is 22.0. The molecule has 2 heterocycles. The van der Waals surface area contributed by atoms with E-state index >= 15 is 0 Å². The van der Waals surface area contributed by atoms with Gasteiger partial charge in [0.15, 0.2) is 12.2 Å². The Kier molecular flexibility index (Phi) is 2.78. The van der Waals surface area contributed by atoms with Gasteiger partial charge in [-0.3, -0.25) is 4.79 Å². The molecule has 0 N–H and O–H groups in total. The molecule has 2 aliphatic rings. The molecule has 0 spiro atoms. The van der Waals surface area contributed by atoms with E-state index in [0.29, 0.717) is 0 Å². The third-order valence-electron chi connectivity index (χ3n) is 2.49. The largest absolute Gasteiger partial charge is 0.455 e. The molecule has 5 heteroatoms. The van der Waals surface area contributed by atoms with Crippen LogP contribution >= 0.6 is 0 Å². The first-order valence-electron chi connectivity index (χ1n) is 4.96. The Morgan fingerprint density at radius 2 is 2.38 bits per heavy atom. The van der Waals surface area contributed by atoms with Gasteiger partial charge in [-0.15, -0.1) is 6.58 Å². The number of hydrogen-bond acceptors (Lipinski definition) is 5. The Bertz CT molecular complexity index is 359. The zero-order valence-electron chi connectivity index (χ0n) is 8.79. The topological polar surface area (TPSA) is 61.8 Å². The van der Waals surface area contributed by atoms with Gasteiger partial charge in [0.1, 0.15) is 12.2 Å². The number of fused-ring (bicyclic) bond motifs is 1. The molecule has 0 aromatic carbocycles. The SMILES string of the molecule is C=CC1O[C@H]2C=CC(=O)O[C@H]2[C@H]1OC(C)=O. The van der Waals surface area contributed by atoms with Crippen molar-refractivity contribution in [1.29, 1.82) is 0 Å². The molecule has 0 amide bonds. The minimum absolute atomic E-state index is 0.370. The maximum absolute atomic E-state index is 11.1. The number of ether oxygens (including phenoxy) is 3. The highest BCUT2D eigenvalue weighted by molar-refractivity contribution is 5.83. The van der Waals surface area contributed by atoms with E-state index in [1.807, 2.05) is 0 Å². The lowest BCUT2D eigenvalue weighted by Crippen LogP contribution is -2.40. The highest BCUT2D eigenvalue weighted by atomic mass is 16.6. The van der Waals surface area contributed by atoms with Crippen LogP contribution in [0.5, 0.6) is 0 Å². The zero-order valence-corrected chi connectivity index (χ0v) is 8.79. The Morgan fingerprint density at radius 3 is 3.00 bits per heavy atom. The highest BCUT2D eigenvalue weighted by Gasteiger charge is 2.48. The van der Waals surface area contributed by atoms with Gasteiger partial charge < -0.3 is 14.2 Å². The average Bonchev–Trinajstić information content (AvgIpc) is 2.56. The summed E-state index contributed by atoms with van der Waals surface area (Å²) in [6.45, 7) is 4.90. The summed E-state index contributed by atoms with van der Waals surface area (Å²) in [6, 6.07) is 0. The Morgan fingerprint density at radius 1 is 1.62 bits per heavy atom. The van der Waals surface area contributed by atoms with Gasteiger partial charge >= 0.3 is 11.9 Å². The lowest BCUT2D eigenvalue weighted by Gasteiger charge is -2.23. The number of rotatable bonds is 2. The molecular weight excluding hydrogens is 212 g/mol. The van der Waals surface area contributed by atoms with Crippen LogP contribution in [0.4, 0.5) is 0 Å². The smallest absolute Gasteiger partial charge is 0.331 e. The van der Waals surface area contributed by atoms with Crippen molar-refractivity contribution in [2.75, 3.05) is 0 Å². The highest BCUT2D eigenvalue weighted by Crippen LogP contribution is 2.30. The van der Waals surface area contributed by atoms with Crippen LogP contribution in [-0.4, -0.2) is 36.4 Å². The molecule has 0 aromatic heterocycles. The fraction of sp³-hybridized carbons (Fsp3) is 0.455. The molecule has 4 atom stereocenters. The van der Waals surface area contributed by atoms with E-state index in [4.69, 9.17) is 14.2 Å². The van der Waals surface area contributed by atoms with Crippen LogP contribution in [0, 0.1) is 0 Å². The van der Waals surface area contributed by atoms with E-state index in [2.05, 4.69) is 6.58 Å². The lowest BCUT2D eigenvalue weighted by atomic mass is 10.1. The average molecular weight is 224 g/mol. The van der Waals surface area contributed by atoms with E-state index in [9.17, 15) is 9.59 Å². The number of esters is 2. The second kappa shape index (κ2) is 4.09. The van der Waals surface area contributed by atoms with E-state index < -0.39 is 30.3 Å². The summed E-state index contributed by atoms with van der Waals surface area (Å²) in [5.74, 6) is -0.890. The Labute approximate surface area is 92.7 Å². The maximum atomic E-state index is 11.1. The maximum Gasteiger partial charge on any atom is 0.331 e. The molecule has 86 valence electrons. The first-order chi connectivity index (χ1) is 7.61. The number of carbonyl (C=O) groups excluding carboxylic acids is 2. The third kappa shape index (κ3) is 1.86. The van der Waals surface area contributed by atoms with Crippen LogP contribution in [0.15, 0.2) is 24.8 Å². The van der Waals surface area contributed by atoms with Crippen LogP contribution in [0.2, 0.25) is 0 Å². The minimum Gasteiger partial charge on any atom is -0.455 e. The van der Waals surface area contributed by atoms with Crippen molar-refractivity contribution in [3.05, 3.63) is 24.8 Å². The summed E-state index contributed by atoms with van der Waals surface area (Å²) >= 11 is 0. The predicted octanol–water partition coefficient (Wildman–Crippen LogP) is 0.353. The van der Waals surface area contributed by atoms with Gasteiger partial charge in [-0.05, 0) is 6.08 Å². The first-order valence-corrected chi connectivity index (χ1v) is 4.96. The molecule has 0 bridgehead atoms. The van der Waals surface area contributed by atoms with Gasteiger partial charge in [-0.25, -0.2) is 4.79 Å². The van der Waals surface area contributed by atoms with Gasteiger partial charge in [0, 0.05) is 13.0 Å². The van der Waals surface area contributed by atoms with Crippen molar-refractivity contribution < 1.29 is 23.8 Å². The number of hydrogen-bond donors (Lipinski definition) is 0. The van der Waals surface area contributed by atoms with Crippen molar-refractivity contribution in [3.63, 3.8) is 0 Å². The van der Waals surface area contributed by atoms with E-state index in [0.717, 1.165) is 0 Å². The molecule has 0 saturated carbocycles. The van der Waals surface area contributed by atoms with E-state index in [-0.39, 0.29) is 6.10 Å². The van der Waals surface area contributed by atoms with Crippen molar-refractivity contribution >= 4 is 11.9 Å². The van der Waals surface area contributed by atoms with E-state index in [1.165, 1.54) is 19.1 Å². The van der Waals surface area contributed by atoms with Crippen molar-refractivity contribution in [2.24, 2.45) is 0 Å². The quantitative estimate of drug-likeness (QED) is 0.500. The molecule has 2 aliphatic heterocycles. The predicted molar refractivity (Wildman–Crippen MR) is 53.4 cm³/mol. The summed E-state index contributed by atoms with van der Waals surface area (Å²) in [7, 11) is 0. The van der Waals surface area contributed by atoms with Crippen molar-refractivity contribution in [1.82, 2.24) is 0 Å². The molecule has 2 rings (SSSR count). The molecule has 1 unspecified atom stereocenters. The summed E-state index contributed by atoms with van der Waals surface area (Å²) < 4.78 is 15.7. The summed E-state index contributed by atoms with van der Waals surface area (Å²) in [5.41, 5.74) is 0. The van der Waals surface area contributed by atoms with Gasteiger partial charge in [0.25, 0.3) is 0 Å². The molecular formula is C11H12O5. The van der Waals surface area contributed by atoms with Crippen LogP contribution in [0.3, 0.4) is 0 Å². The second-order valence-electron chi connectivity index (χ2n) is 3.64. The molecule has 1 fully saturated rings. The van der Waals surface area contributed by atoms with Crippen molar-refractivity contribution in [2.45, 2.75) is 31.3 Å². The number of carbonyl (C=O) groups is 2. The molecule has 0 radical (unpaired) electrons. The van der Waals surface area contributed by atoms with Gasteiger partial charge in [-0.2, -0.15) is 0 Å². The summed E-state index contributed by atoms with van der Waals surface area (Å²) in [5, 5.41) is 0. The minimum atomic E-state index is -0.617. The van der Waals surface area contributed by atoms with Crippen LogP contribution in [-0.2, 0) is 23.8 Å². The first kappa shape index (κ1) is 10.9. The van der Waals surface area contributed by atoms with E-state index in [1.54, 1.807) is 6.08 Å². The fourth-order valence-electron chi connectivity index (χ4n) is 1.86. The Balaban J connectivity index is 2.19. The standard InChI is InChI=1S/C11H12O5/c1-3-7-10(14-6(2)12)11-8(15-7)4-5-9(13)16-11/h3-5,7-8,10-11H,1H2,2H3/t7?,8-,10-,11+/m0/s1. The Hall–Kier alpha value is -1.62. The van der Waals surface area contributed by atoms with Gasteiger partial charge in [0.2, 0.25) is 0 Å². The second-order valence-corrected chi connectivity index (χ2v) is 3.64. The monoisotopic (exact) mass is 224 g/mol. The van der Waals surface area contributed by atoms with Crippen LogP contribution in [0.25, 0.3) is 0 Å². The normalized spacial score (nSPS) is 36.4. The molecule has 0 aromatic rings.